The van der Waals surface area contributed by atoms with Crippen molar-refractivity contribution >= 4 is 11.9 Å². The lowest BCUT2D eigenvalue weighted by molar-refractivity contribution is -0.150. The molecule has 1 fully saturated rings. The van der Waals surface area contributed by atoms with E-state index in [9.17, 15) is 9.59 Å². The highest BCUT2D eigenvalue weighted by Gasteiger charge is 2.30. The fraction of sp³-hybridized carbons (Fsp3) is 0.800. The maximum Gasteiger partial charge on any atom is 0.321 e. The van der Waals surface area contributed by atoms with Crippen molar-refractivity contribution in [3.8, 4) is 0 Å². The number of carboxylic acids is 2. The Balaban J connectivity index is 2.56. The van der Waals surface area contributed by atoms with Gasteiger partial charge in [0.2, 0.25) is 0 Å². The van der Waals surface area contributed by atoms with Crippen molar-refractivity contribution in [3.05, 3.63) is 0 Å². The van der Waals surface area contributed by atoms with Crippen LogP contribution < -0.4 is 0 Å². The number of rotatable bonds is 4. The molecule has 0 amide bonds. The number of piperidine rings is 1. The van der Waals surface area contributed by atoms with Crippen LogP contribution in [0.25, 0.3) is 0 Å². The van der Waals surface area contributed by atoms with Crippen LogP contribution in [-0.4, -0.2) is 46.2 Å². The van der Waals surface area contributed by atoms with Gasteiger partial charge < -0.3 is 10.2 Å². The molecule has 0 aromatic rings. The maximum atomic E-state index is 10.9. The van der Waals surface area contributed by atoms with Crippen molar-refractivity contribution in [2.24, 2.45) is 5.92 Å². The summed E-state index contributed by atoms with van der Waals surface area (Å²) in [6.45, 7) is 3.50. The summed E-state index contributed by atoms with van der Waals surface area (Å²) in [5.41, 5.74) is 0. The van der Waals surface area contributed by atoms with E-state index >= 15 is 0 Å². The molecule has 0 aromatic carbocycles. The summed E-state index contributed by atoms with van der Waals surface area (Å²) in [5, 5.41) is 17.6. The molecular weight excluding hydrogens is 198 g/mol. The predicted molar refractivity (Wildman–Crippen MR) is 53.6 cm³/mol. The Bertz CT molecular complexity index is 246. The van der Waals surface area contributed by atoms with E-state index in [-0.39, 0.29) is 6.42 Å². The van der Waals surface area contributed by atoms with Crippen LogP contribution in [0.3, 0.4) is 0 Å². The van der Waals surface area contributed by atoms with Crippen LogP contribution in [0.2, 0.25) is 0 Å². The summed E-state index contributed by atoms with van der Waals surface area (Å²) < 4.78 is 0. The molecule has 5 nitrogen and oxygen atoms in total. The Morgan fingerprint density at radius 1 is 1.33 bits per heavy atom. The molecule has 1 heterocycles. The highest BCUT2D eigenvalue weighted by molar-refractivity contribution is 5.80. The molecule has 0 saturated carbocycles. The van der Waals surface area contributed by atoms with E-state index in [1.807, 2.05) is 0 Å². The van der Waals surface area contributed by atoms with E-state index < -0.39 is 18.0 Å². The summed E-state index contributed by atoms with van der Waals surface area (Å²) in [5.74, 6) is -1.48. The quantitative estimate of drug-likeness (QED) is 0.719. The van der Waals surface area contributed by atoms with E-state index in [0.29, 0.717) is 19.0 Å². The summed E-state index contributed by atoms with van der Waals surface area (Å²) in [4.78, 5) is 23.2. The number of nitrogens with zero attached hydrogens (tertiary/aromatic N) is 1. The molecule has 1 aliphatic heterocycles. The van der Waals surface area contributed by atoms with Crippen LogP contribution in [0.4, 0.5) is 0 Å². The molecule has 1 atom stereocenters. The molecule has 0 spiro atoms. The lowest BCUT2D eigenvalue weighted by Crippen LogP contribution is -2.46. The van der Waals surface area contributed by atoms with E-state index in [1.54, 1.807) is 4.90 Å². The second kappa shape index (κ2) is 5.11. The average Bonchev–Trinajstić information content (AvgIpc) is 2.15. The van der Waals surface area contributed by atoms with Crippen molar-refractivity contribution in [1.29, 1.82) is 0 Å². The van der Waals surface area contributed by atoms with Gasteiger partial charge in [-0.1, -0.05) is 6.92 Å². The zero-order chi connectivity index (χ0) is 11.4. The van der Waals surface area contributed by atoms with Gasteiger partial charge in [-0.05, 0) is 31.8 Å². The third kappa shape index (κ3) is 3.51. The van der Waals surface area contributed by atoms with Gasteiger partial charge in [0.15, 0.2) is 0 Å². The highest BCUT2D eigenvalue weighted by Crippen LogP contribution is 2.19. The zero-order valence-corrected chi connectivity index (χ0v) is 8.85. The van der Waals surface area contributed by atoms with Crippen molar-refractivity contribution in [2.45, 2.75) is 32.2 Å². The molecule has 0 unspecified atom stereocenters. The molecule has 15 heavy (non-hydrogen) atoms. The summed E-state index contributed by atoms with van der Waals surface area (Å²) >= 11 is 0. The average molecular weight is 215 g/mol. The normalized spacial score (nSPS) is 21.1. The van der Waals surface area contributed by atoms with E-state index in [4.69, 9.17) is 10.2 Å². The minimum Gasteiger partial charge on any atom is -0.481 e. The Morgan fingerprint density at radius 2 is 1.87 bits per heavy atom. The molecule has 1 saturated heterocycles. The topological polar surface area (TPSA) is 77.8 Å². The Morgan fingerprint density at radius 3 is 2.27 bits per heavy atom. The number of carboxylic acid groups (broad SMARTS) is 2. The number of carbonyl (C=O) groups is 2. The number of hydrogen-bond acceptors (Lipinski definition) is 3. The third-order valence-corrected chi connectivity index (χ3v) is 2.91. The SMILES string of the molecule is CC1CCN([C@@H](CC(=O)O)C(=O)O)CC1. The first-order valence-electron chi connectivity index (χ1n) is 5.19. The first-order chi connectivity index (χ1) is 7.00. The second-order valence-electron chi connectivity index (χ2n) is 4.17. The first kappa shape index (κ1) is 12.0. The van der Waals surface area contributed by atoms with E-state index in [0.717, 1.165) is 12.8 Å². The summed E-state index contributed by atoms with van der Waals surface area (Å²) in [6, 6.07) is -0.866. The Labute approximate surface area is 88.7 Å². The molecule has 0 bridgehead atoms. The first-order valence-corrected chi connectivity index (χ1v) is 5.19. The Kier molecular flexibility index (Phi) is 4.08. The molecular formula is C10H17NO4. The number of aliphatic carboxylic acids is 2. The van der Waals surface area contributed by atoms with E-state index in [1.165, 1.54) is 0 Å². The molecule has 86 valence electrons. The van der Waals surface area contributed by atoms with Gasteiger partial charge in [0.25, 0.3) is 0 Å². The highest BCUT2D eigenvalue weighted by atomic mass is 16.4. The fourth-order valence-electron chi connectivity index (χ4n) is 1.88. The molecule has 0 radical (unpaired) electrons. The van der Waals surface area contributed by atoms with Crippen molar-refractivity contribution in [2.75, 3.05) is 13.1 Å². The lowest BCUT2D eigenvalue weighted by Gasteiger charge is -2.33. The van der Waals surface area contributed by atoms with Crippen LogP contribution >= 0.6 is 0 Å². The summed E-state index contributed by atoms with van der Waals surface area (Å²) in [6.07, 6.45) is 1.58. The molecule has 0 aliphatic carbocycles. The summed E-state index contributed by atoms with van der Waals surface area (Å²) in [7, 11) is 0. The van der Waals surface area contributed by atoms with Crippen LogP contribution in [0.5, 0.6) is 0 Å². The van der Waals surface area contributed by atoms with Crippen LogP contribution in [0.15, 0.2) is 0 Å². The number of likely N-dealkylation sites (tertiary alicyclic amines) is 1. The van der Waals surface area contributed by atoms with E-state index in [2.05, 4.69) is 6.92 Å². The lowest BCUT2D eigenvalue weighted by atomic mass is 9.97. The number of hydrogen-bond donors (Lipinski definition) is 2. The van der Waals surface area contributed by atoms with Gasteiger partial charge in [-0.2, -0.15) is 0 Å². The maximum absolute atomic E-state index is 10.9. The molecule has 2 N–H and O–H groups in total. The van der Waals surface area contributed by atoms with Crippen LogP contribution in [0, 0.1) is 5.92 Å². The minimum atomic E-state index is -1.05. The standard InChI is InChI=1S/C10H17NO4/c1-7-2-4-11(5-3-7)8(10(14)15)6-9(12)13/h7-8H,2-6H2,1H3,(H,12,13)(H,14,15)/t8-/m0/s1. The fourth-order valence-corrected chi connectivity index (χ4v) is 1.88. The van der Waals surface area contributed by atoms with Crippen molar-refractivity contribution in [3.63, 3.8) is 0 Å². The van der Waals surface area contributed by atoms with Gasteiger partial charge in [-0.15, -0.1) is 0 Å². The predicted octanol–water partition coefficient (Wildman–Crippen LogP) is 0.646. The van der Waals surface area contributed by atoms with Gasteiger partial charge in [-0.25, -0.2) is 0 Å². The van der Waals surface area contributed by atoms with Crippen molar-refractivity contribution in [1.82, 2.24) is 4.90 Å². The van der Waals surface area contributed by atoms with Crippen LogP contribution in [0.1, 0.15) is 26.2 Å². The van der Waals surface area contributed by atoms with Gasteiger partial charge in [-0.3, -0.25) is 14.5 Å². The molecule has 1 aliphatic rings. The Hall–Kier alpha value is -1.10. The van der Waals surface area contributed by atoms with Gasteiger partial charge in [0, 0.05) is 0 Å². The zero-order valence-electron chi connectivity index (χ0n) is 8.85. The third-order valence-electron chi connectivity index (χ3n) is 2.91. The monoisotopic (exact) mass is 215 g/mol. The van der Waals surface area contributed by atoms with Crippen molar-refractivity contribution < 1.29 is 19.8 Å². The second-order valence-corrected chi connectivity index (χ2v) is 4.17. The smallest absolute Gasteiger partial charge is 0.321 e. The minimum absolute atomic E-state index is 0.316. The largest absolute Gasteiger partial charge is 0.481 e. The molecule has 0 aromatic heterocycles. The molecule has 5 heteroatoms. The molecule has 1 rings (SSSR count). The van der Waals surface area contributed by atoms with Crippen LogP contribution in [-0.2, 0) is 9.59 Å². The van der Waals surface area contributed by atoms with Gasteiger partial charge in [0.1, 0.15) is 6.04 Å². The van der Waals surface area contributed by atoms with Gasteiger partial charge >= 0.3 is 11.9 Å². The van der Waals surface area contributed by atoms with Gasteiger partial charge in [0.05, 0.1) is 6.42 Å².